The number of fused-ring (bicyclic) bond motifs is 1. The van der Waals surface area contributed by atoms with Crippen molar-refractivity contribution in [3.63, 3.8) is 0 Å². The van der Waals surface area contributed by atoms with Gasteiger partial charge < -0.3 is 20.4 Å². The molecule has 0 radical (unpaired) electrons. The zero-order valence-electron chi connectivity index (χ0n) is 14.9. The van der Waals surface area contributed by atoms with Gasteiger partial charge in [0, 0.05) is 18.8 Å². The number of benzene rings is 1. The van der Waals surface area contributed by atoms with Crippen LogP contribution in [0.2, 0.25) is 0 Å². The van der Waals surface area contributed by atoms with Crippen LogP contribution in [0, 0.1) is 10.1 Å². The van der Waals surface area contributed by atoms with Crippen molar-refractivity contribution in [2.24, 2.45) is 5.73 Å². The smallest absolute Gasteiger partial charge is 0.326 e. The summed E-state index contributed by atoms with van der Waals surface area (Å²) in [5.74, 6) is -0.709. The standard InChI is InChI=1S/C17H17N5O6/c1-2-28-14(23)8-21-13-5-10(15-9(7-18)3-4-19-15)12(22(26)27)6-11(13)20-16(24)17(21)25/h3-6,19H,2,7-8,18H2,1H3,(H,20,24). The fourth-order valence-corrected chi connectivity index (χ4v) is 2.97. The minimum Gasteiger partial charge on any atom is -0.465 e. The third-order valence-corrected chi connectivity index (χ3v) is 4.20. The maximum absolute atomic E-state index is 12.3. The van der Waals surface area contributed by atoms with Crippen LogP contribution in [0.15, 0.2) is 34.0 Å². The fourth-order valence-electron chi connectivity index (χ4n) is 2.97. The highest BCUT2D eigenvalue weighted by atomic mass is 16.6. The highest BCUT2D eigenvalue weighted by molar-refractivity contribution is 5.88. The first kappa shape index (κ1) is 19.0. The molecule has 1 aromatic carbocycles. The molecule has 0 amide bonds. The Morgan fingerprint density at radius 1 is 1.36 bits per heavy atom. The number of esters is 1. The average Bonchev–Trinajstić information content (AvgIpc) is 3.13. The second kappa shape index (κ2) is 7.48. The van der Waals surface area contributed by atoms with Gasteiger partial charge in [-0.05, 0) is 24.6 Å². The first-order valence-corrected chi connectivity index (χ1v) is 8.35. The van der Waals surface area contributed by atoms with Crippen molar-refractivity contribution in [1.82, 2.24) is 14.5 Å². The maximum Gasteiger partial charge on any atom is 0.326 e. The summed E-state index contributed by atoms with van der Waals surface area (Å²) in [7, 11) is 0. The highest BCUT2D eigenvalue weighted by Crippen LogP contribution is 2.34. The third-order valence-electron chi connectivity index (χ3n) is 4.20. The maximum atomic E-state index is 12.3. The van der Waals surface area contributed by atoms with Gasteiger partial charge in [0.15, 0.2) is 0 Å². The SMILES string of the molecule is CCOC(=O)Cn1c(=O)c(=O)[nH]c2cc([N+](=O)[O-])c(-c3[nH]ccc3CN)cc21. The van der Waals surface area contributed by atoms with Crippen LogP contribution in [0.4, 0.5) is 5.69 Å². The van der Waals surface area contributed by atoms with E-state index in [1.54, 1.807) is 19.2 Å². The Kier molecular flexibility index (Phi) is 5.09. The van der Waals surface area contributed by atoms with Gasteiger partial charge in [0.2, 0.25) is 0 Å². The lowest BCUT2D eigenvalue weighted by atomic mass is 10.0. The Labute approximate surface area is 156 Å². The average molecular weight is 387 g/mol. The van der Waals surface area contributed by atoms with Gasteiger partial charge in [0.1, 0.15) is 6.54 Å². The molecule has 4 N–H and O–H groups in total. The lowest BCUT2D eigenvalue weighted by molar-refractivity contribution is -0.384. The summed E-state index contributed by atoms with van der Waals surface area (Å²) in [6.45, 7) is 1.35. The molecular weight excluding hydrogens is 370 g/mol. The number of rotatable bonds is 6. The van der Waals surface area contributed by atoms with E-state index in [9.17, 15) is 24.5 Å². The predicted molar refractivity (Wildman–Crippen MR) is 99.8 cm³/mol. The molecule has 0 aliphatic carbocycles. The van der Waals surface area contributed by atoms with E-state index in [2.05, 4.69) is 9.97 Å². The summed E-state index contributed by atoms with van der Waals surface area (Å²) in [5, 5.41) is 11.6. The number of carbonyl (C=O) groups excluding carboxylic acids is 1. The molecule has 0 unspecified atom stereocenters. The zero-order valence-corrected chi connectivity index (χ0v) is 14.9. The molecule has 0 fully saturated rings. The largest absolute Gasteiger partial charge is 0.465 e. The summed E-state index contributed by atoms with van der Waals surface area (Å²) in [5.41, 5.74) is 4.85. The third kappa shape index (κ3) is 3.30. The van der Waals surface area contributed by atoms with E-state index >= 15 is 0 Å². The van der Waals surface area contributed by atoms with Crippen LogP contribution >= 0.6 is 0 Å². The number of aromatic amines is 2. The van der Waals surface area contributed by atoms with Crippen molar-refractivity contribution in [3.8, 4) is 11.3 Å². The summed E-state index contributed by atoms with van der Waals surface area (Å²) < 4.78 is 5.78. The predicted octanol–water partition coefficient (Wildman–Crippen LogP) is 0.615. The molecule has 0 saturated carbocycles. The van der Waals surface area contributed by atoms with Crippen molar-refractivity contribution in [3.05, 3.63) is 60.8 Å². The van der Waals surface area contributed by atoms with Gasteiger partial charge in [-0.2, -0.15) is 0 Å². The Morgan fingerprint density at radius 2 is 2.11 bits per heavy atom. The Bertz CT molecular complexity index is 1190. The van der Waals surface area contributed by atoms with Crippen molar-refractivity contribution in [1.29, 1.82) is 0 Å². The van der Waals surface area contributed by atoms with Crippen molar-refractivity contribution in [2.45, 2.75) is 20.0 Å². The number of hydrogen-bond acceptors (Lipinski definition) is 7. The van der Waals surface area contributed by atoms with Crippen molar-refractivity contribution < 1.29 is 14.5 Å². The Morgan fingerprint density at radius 3 is 2.75 bits per heavy atom. The number of H-pyrrole nitrogens is 2. The number of ether oxygens (including phenoxy) is 1. The summed E-state index contributed by atoms with van der Waals surface area (Å²) in [6.07, 6.45) is 1.59. The monoisotopic (exact) mass is 387 g/mol. The van der Waals surface area contributed by atoms with Gasteiger partial charge in [-0.15, -0.1) is 0 Å². The van der Waals surface area contributed by atoms with E-state index in [4.69, 9.17) is 10.5 Å². The Balaban J connectivity index is 2.35. The van der Waals surface area contributed by atoms with Gasteiger partial charge in [0.05, 0.1) is 33.8 Å². The molecule has 0 spiro atoms. The number of carbonyl (C=O) groups is 1. The number of nitrogens with one attached hydrogen (secondary N) is 2. The first-order chi connectivity index (χ1) is 13.4. The molecule has 11 heteroatoms. The van der Waals surface area contributed by atoms with E-state index in [0.717, 1.165) is 10.6 Å². The van der Waals surface area contributed by atoms with E-state index in [-0.39, 0.29) is 35.4 Å². The molecule has 11 nitrogen and oxygen atoms in total. The lowest BCUT2D eigenvalue weighted by Crippen LogP contribution is -2.38. The lowest BCUT2D eigenvalue weighted by Gasteiger charge is -2.11. The first-order valence-electron chi connectivity index (χ1n) is 8.35. The highest BCUT2D eigenvalue weighted by Gasteiger charge is 2.22. The minimum atomic E-state index is -0.999. The van der Waals surface area contributed by atoms with Crippen LogP contribution in [-0.4, -0.2) is 32.0 Å². The number of aromatic nitrogens is 3. The fraction of sp³-hybridized carbons (Fsp3) is 0.235. The molecule has 0 atom stereocenters. The number of nitrogens with zero attached hydrogens (tertiary/aromatic N) is 2. The molecule has 146 valence electrons. The molecule has 0 bridgehead atoms. The van der Waals surface area contributed by atoms with E-state index < -0.39 is 28.6 Å². The van der Waals surface area contributed by atoms with Crippen LogP contribution in [0.1, 0.15) is 12.5 Å². The zero-order chi connectivity index (χ0) is 20.4. The van der Waals surface area contributed by atoms with Crippen LogP contribution < -0.4 is 16.9 Å². The van der Waals surface area contributed by atoms with Crippen molar-refractivity contribution in [2.75, 3.05) is 6.61 Å². The van der Waals surface area contributed by atoms with Gasteiger partial charge in [-0.3, -0.25) is 29.1 Å². The molecule has 0 saturated heterocycles. The van der Waals surface area contributed by atoms with Crippen LogP contribution in [0.5, 0.6) is 0 Å². The normalized spacial score (nSPS) is 10.9. The van der Waals surface area contributed by atoms with Crippen LogP contribution in [0.3, 0.4) is 0 Å². The van der Waals surface area contributed by atoms with E-state index in [1.165, 1.54) is 6.07 Å². The van der Waals surface area contributed by atoms with Crippen LogP contribution in [-0.2, 0) is 22.6 Å². The van der Waals surface area contributed by atoms with Crippen LogP contribution in [0.25, 0.3) is 22.3 Å². The Hall–Kier alpha value is -3.73. The summed E-state index contributed by atoms with van der Waals surface area (Å²) in [6, 6.07) is 4.20. The molecule has 2 aromatic heterocycles. The number of hydrogen-bond donors (Lipinski definition) is 3. The summed E-state index contributed by atoms with van der Waals surface area (Å²) in [4.78, 5) is 52.4. The summed E-state index contributed by atoms with van der Waals surface area (Å²) >= 11 is 0. The quantitative estimate of drug-likeness (QED) is 0.241. The van der Waals surface area contributed by atoms with Gasteiger partial charge in [-0.1, -0.05) is 0 Å². The van der Waals surface area contributed by atoms with Crippen molar-refractivity contribution >= 4 is 22.7 Å². The number of nitro benzene ring substituents is 1. The van der Waals surface area contributed by atoms with E-state index in [1.807, 2.05) is 0 Å². The van der Waals surface area contributed by atoms with Gasteiger partial charge in [-0.25, -0.2) is 0 Å². The van der Waals surface area contributed by atoms with E-state index in [0.29, 0.717) is 11.3 Å². The molecule has 2 heterocycles. The molecule has 3 aromatic rings. The second-order valence-corrected chi connectivity index (χ2v) is 5.88. The molecule has 28 heavy (non-hydrogen) atoms. The topological polar surface area (TPSA) is 166 Å². The second-order valence-electron chi connectivity index (χ2n) is 5.88. The molecule has 0 aliphatic heterocycles. The number of nitrogens with two attached hydrogens (primary N) is 1. The van der Waals surface area contributed by atoms with Gasteiger partial charge in [0.25, 0.3) is 5.69 Å². The minimum absolute atomic E-state index is 0.0465. The molecule has 3 rings (SSSR count). The molecule has 0 aliphatic rings. The molecular formula is C17H17N5O6. The number of nitro groups is 1. The van der Waals surface area contributed by atoms with Gasteiger partial charge >= 0.3 is 17.1 Å².